The summed E-state index contributed by atoms with van der Waals surface area (Å²) in [6.07, 6.45) is -13.3. The van der Waals surface area contributed by atoms with Gasteiger partial charge in [0.25, 0.3) is 5.79 Å². The highest BCUT2D eigenvalue weighted by Gasteiger charge is 2.59. The van der Waals surface area contributed by atoms with Gasteiger partial charge in [-0.25, -0.2) is 18.7 Å². The van der Waals surface area contributed by atoms with Crippen molar-refractivity contribution in [2.75, 3.05) is 18.9 Å². The van der Waals surface area contributed by atoms with Crippen LogP contribution in [0.1, 0.15) is 46.3 Å². The fourth-order valence-electron chi connectivity index (χ4n) is 5.27. The van der Waals surface area contributed by atoms with Crippen LogP contribution in [0.2, 0.25) is 0 Å². The normalized spacial score (nSPS) is 32.1. The number of nitrogens with zero attached hydrogens (tertiary/aromatic N) is 2. The van der Waals surface area contributed by atoms with Gasteiger partial charge in [-0.15, -0.1) is 0 Å². The van der Waals surface area contributed by atoms with Gasteiger partial charge in [-0.2, -0.15) is 4.98 Å². The van der Waals surface area contributed by atoms with Crippen molar-refractivity contribution in [2.24, 2.45) is 5.92 Å². The number of phosphoric acid groups is 1. The number of carboxylic acids is 1. The number of carboxylic acid groups (broad SMARTS) is 1. The molecule has 0 radical (unpaired) electrons. The number of anilines is 1. The summed E-state index contributed by atoms with van der Waals surface area (Å²) in [5.74, 6) is -7.11. The standard InChI is InChI=1S/C26H42N5O16P/c1-4-5-11(2)22(38)28-9-14(34)18(35)21-17(29-12(3)32)13(33)8-26(46-21,24(39)40)47-48(42,43)44-10-15-19(36)20(37)23(45-15)31-7-6-16(27)30-25(31)41/h6-7,11,13-15,17-21,23,33-37H,4-5,8-10H2,1-3H3,(H,28,38)(H,29,32)(H,39,40)(H,42,43)(H2,27,30,41)/t11?,13?,14?,15-,17?,18?,19-,20-,21?,23-,26?/m1/s1. The Morgan fingerprint density at radius 3 is 2.50 bits per heavy atom. The third-order valence-corrected chi connectivity index (χ3v) is 8.78. The average Bonchev–Trinajstić information content (AvgIpc) is 3.27. The molecule has 1 aromatic heterocycles. The van der Waals surface area contributed by atoms with Crippen molar-refractivity contribution in [2.45, 2.75) is 101 Å². The maximum Gasteiger partial charge on any atom is 0.475 e. The zero-order valence-corrected chi connectivity index (χ0v) is 27.1. The molecule has 3 heterocycles. The Labute approximate surface area is 273 Å². The first-order valence-corrected chi connectivity index (χ1v) is 16.4. The number of aromatic nitrogens is 2. The highest BCUT2D eigenvalue weighted by molar-refractivity contribution is 7.47. The van der Waals surface area contributed by atoms with Crippen LogP contribution in [0.5, 0.6) is 0 Å². The van der Waals surface area contributed by atoms with E-state index in [2.05, 4.69) is 15.6 Å². The number of nitrogens with two attached hydrogens (primary N) is 1. The lowest BCUT2D eigenvalue weighted by Crippen LogP contribution is -2.68. The molecule has 0 saturated carbocycles. The van der Waals surface area contributed by atoms with Crippen molar-refractivity contribution in [3.05, 3.63) is 22.7 Å². The van der Waals surface area contributed by atoms with Gasteiger partial charge in [0, 0.05) is 32.0 Å². The predicted molar refractivity (Wildman–Crippen MR) is 158 cm³/mol. The number of carbonyl (C=O) groups excluding carboxylic acids is 2. The van der Waals surface area contributed by atoms with Crippen LogP contribution in [0, 0.1) is 5.92 Å². The third-order valence-electron chi connectivity index (χ3n) is 7.78. The van der Waals surface area contributed by atoms with Crippen LogP contribution in [-0.4, -0.2) is 131 Å². The molecule has 3 rings (SSSR count). The monoisotopic (exact) mass is 711 g/mol. The van der Waals surface area contributed by atoms with Gasteiger partial charge < -0.3 is 61.4 Å². The van der Waals surface area contributed by atoms with Crippen molar-refractivity contribution in [3.8, 4) is 0 Å². The number of hydrogen-bond acceptors (Lipinski definition) is 16. The maximum atomic E-state index is 13.0. The molecule has 0 spiro atoms. The van der Waals surface area contributed by atoms with Crippen molar-refractivity contribution in [1.82, 2.24) is 20.2 Å². The summed E-state index contributed by atoms with van der Waals surface area (Å²) in [4.78, 5) is 62.8. The summed E-state index contributed by atoms with van der Waals surface area (Å²) in [6.45, 7) is 2.96. The van der Waals surface area contributed by atoms with Crippen LogP contribution >= 0.6 is 7.82 Å². The lowest BCUT2D eigenvalue weighted by atomic mass is 9.88. The zero-order chi connectivity index (χ0) is 36.1. The summed E-state index contributed by atoms with van der Waals surface area (Å²) in [5.41, 5.74) is 4.49. The molecule has 2 aliphatic rings. The van der Waals surface area contributed by atoms with Crippen molar-refractivity contribution in [3.63, 3.8) is 0 Å². The average molecular weight is 712 g/mol. The fraction of sp³-hybridized carbons (Fsp3) is 0.731. The van der Waals surface area contributed by atoms with Gasteiger partial charge in [-0.3, -0.25) is 18.7 Å². The molecular formula is C26H42N5O16P. The minimum absolute atomic E-state index is 0.138. The maximum absolute atomic E-state index is 13.0. The molecule has 0 aliphatic carbocycles. The number of phosphoric ester groups is 1. The zero-order valence-electron chi connectivity index (χ0n) is 26.2. The smallest absolute Gasteiger partial charge is 0.475 e. The summed E-state index contributed by atoms with van der Waals surface area (Å²) in [6, 6.07) is -0.374. The van der Waals surface area contributed by atoms with E-state index in [-0.39, 0.29) is 5.82 Å². The van der Waals surface area contributed by atoms with Crippen LogP contribution in [0.25, 0.3) is 0 Å². The van der Waals surface area contributed by atoms with Gasteiger partial charge in [-0.1, -0.05) is 20.3 Å². The molecule has 11 N–H and O–H groups in total. The van der Waals surface area contributed by atoms with Gasteiger partial charge in [0.05, 0.1) is 24.9 Å². The van der Waals surface area contributed by atoms with E-state index in [1.54, 1.807) is 6.92 Å². The second kappa shape index (κ2) is 16.1. The number of aliphatic carboxylic acids is 1. The minimum Gasteiger partial charge on any atom is -0.477 e. The van der Waals surface area contributed by atoms with E-state index in [0.717, 1.165) is 17.7 Å². The van der Waals surface area contributed by atoms with E-state index in [1.807, 2.05) is 6.92 Å². The number of nitrogen functional groups attached to an aromatic ring is 1. The van der Waals surface area contributed by atoms with Crippen LogP contribution in [0.4, 0.5) is 5.82 Å². The van der Waals surface area contributed by atoms with Crippen LogP contribution in [0.15, 0.2) is 17.1 Å². The number of hydrogen-bond donors (Lipinski definition) is 10. The van der Waals surface area contributed by atoms with E-state index in [0.29, 0.717) is 12.8 Å². The largest absolute Gasteiger partial charge is 0.477 e. The second-order valence-corrected chi connectivity index (χ2v) is 13.0. The van der Waals surface area contributed by atoms with Gasteiger partial charge in [0.1, 0.15) is 36.3 Å². The SMILES string of the molecule is CCCC(C)C(=O)NCC(O)C(O)C1OC(OP(=O)(O)OC[C@H]2O[C@@H](n3ccc(N)nc3=O)[C@H](O)[C@@H]2O)(C(=O)O)CC(O)C1NC(C)=O. The lowest BCUT2D eigenvalue weighted by Gasteiger charge is -2.46. The summed E-state index contributed by atoms with van der Waals surface area (Å²) in [5, 5.41) is 68.0. The number of amides is 2. The topological polar surface area (TPSA) is 332 Å². The van der Waals surface area contributed by atoms with E-state index in [4.69, 9.17) is 24.3 Å². The first-order chi connectivity index (χ1) is 22.3. The molecule has 48 heavy (non-hydrogen) atoms. The number of aliphatic hydroxyl groups is 5. The Kier molecular flexibility index (Phi) is 13.2. The molecular weight excluding hydrogens is 669 g/mol. The summed E-state index contributed by atoms with van der Waals surface area (Å²) < 4.78 is 34.4. The molecule has 21 nitrogen and oxygen atoms in total. The van der Waals surface area contributed by atoms with Gasteiger partial charge >= 0.3 is 19.5 Å². The van der Waals surface area contributed by atoms with Crippen molar-refractivity contribution in [1.29, 1.82) is 0 Å². The number of ether oxygens (including phenoxy) is 2. The highest BCUT2D eigenvalue weighted by Crippen LogP contribution is 2.51. The van der Waals surface area contributed by atoms with Gasteiger partial charge in [0.15, 0.2) is 6.23 Å². The minimum atomic E-state index is -5.56. The van der Waals surface area contributed by atoms with Crippen LogP contribution < -0.4 is 22.1 Å². The van der Waals surface area contributed by atoms with Crippen molar-refractivity contribution >= 4 is 31.4 Å². The number of nitrogens with one attached hydrogen (secondary N) is 2. The number of rotatable bonds is 15. The van der Waals surface area contributed by atoms with Gasteiger partial charge in [-0.05, 0) is 12.5 Å². The molecule has 22 heteroatoms. The molecule has 2 saturated heterocycles. The Hall–Kier alpha value is -3.08. The predicted octanol–water partition coefficient (Wildman–Crippen LogP) is -3.71. The second-order valence-electron chi connectivity index (χ2n) is 11.6. The molecule has 8 unspecified atom stereocenters. The Morgan fingerprint density at radius 1 is 1.25 bits per heavy atom. The van der Waals surface area contributed by atoms with Crippen LogP contribution in [0.3, 0.4) is 0 Å². The molecule has 272 valence electrons. The molecule has 12 atom stereocenters. The Bertz CT molecular complexity index is 1420. The number of aliphatic hydroxyl groups excluding tert-OH is 5. The molecule has 2 aliphatic heterocycles. The first-order valence-electron chi connectivity index (χ1n) is 14.9. The molecule has 1 aromatic rings. The van der Waals surface area contributed by atoms with E-state index >= 15 is 0 Å². The summed E-state index contributed by atoms with van der Waals surface area (Å²) in [7, 11) is -5.56. The third kappa shape index (κ3) is 9.33. The van der Waals surface area contributed by atoms with E-state index in [9.17, 15) is 59.3 Å². The fourth-order valence-corrected chi connectivity index (χ4v) is 6.23. The van der Waals surface area contributed by atoms with Gasteiger partial charge in [0.2, 0.25) is 11.8 Å². The summed E-state index contributed by atoms with van der Waals surface area (Å²) >= 11 is 0. The van der Waals surface area contributed by atoms with E-state index < -0.39 is 118 Å². The molecule has 2 fully saturated rings. The molecule has 2 amide bonds. The quantitative estimate of drug-likeness (QED) is 0.0782. The molecule has 0 bridgehead atoms. The van der Waals surface area contributed by atoms with Crippen molar-refractivity contribution < 1.29 is 73.0 Å². The Morgan fingerprint density at radius 2 is 1.92 bits per heavy atom. The molecule has 0 aromatic carbocycles. The number of carbonyl (C=O) groups is 3. The Balaban J connectivity index is 1.78. The lowest BCUT2D eigenvalue weighted by molar-refractivity contribution is -0.288. The van der Waals surface area contributed by atoms with Crippen LogP contribution in [-0.2, 0) is 37.5 Å². The van der Waals surface area contributed by atoms with E-state index in [1.165, 1.54) is 6.07 Å². The highest BCUT2D eigenvalue weighted by atomic mass is 31.2. The first kappa shape index (κ1) is 39.4.